The number of pyridine rings is 1. The zero-order valence-electron chi connectivity index (χ0n) is 9.50. The number of aromatic nitrogens is 2. The van der Waals surface area contributed by atoms with Gasteiger partial charge in [-0.15, -0.1) is 0 Å². The minimum absolute atomic E-state index is 0.0271. The van der Waals surface area contributed by atoms with E-state index in [0.717, 1.165) is 12.3 Å². The Kier molecular flexibility index (Phi) is 3.25. The van der Waals surface area contributed by atoms with E-state index in [1.807, 2.05) is 0 Å². The van der Waals surface area contributed by atoms with Crippen LogP contribution in [0.15, 0.2) is 18.5 Å². The molecular weight excluding hydrogens is 267 g/mol. The summed E-state index contributed by atoms with van der Waals surface area (Å²) in [4.78, 5) is 4.16. The maximum absolute atomic E-state index is 12.6. The van der Waals surface area contributed by atoms with Crippen molar-refractivity contribution in [2.45, 2.75) is 25.6 Å². The molecule has 0 radical (unpaired) electrons. The average Bonchev–Trinajstić information content (AvgIpc) is 2.58. The van der Waals surface area contributed by atoms with Gasteiger partial charge in [-0.3, -0.25) is 0 Å². The topological polar surface area (TPSA) is 43.3 Å². The second-order valence-corrected chi connectivity index (χ2v) is 4.63. The second kappa shape index (κ2) is 4.44. The second-order valence-electron chi connectivity index (χ2n) is 4.22. The van der Waals surface area contributed by atoms with Crippen LogP contribution in [0, 0.1) is 0 Å². The summed E-state index contributed by atoms with van der Waals surface area (Å²) >= 11 is 5.80. The molecule has 0 saturated heterocycles. The number of alkyl halides is 3. The molecule has 0 aliphatic carbocycles. The summed E-state index contributed by atoms with van der Waals surface area (Å²) in [6, 6.07) is 0.760. The van der Waals surface area contributed by atoms with Crippen LogP contribution in [0.2, 0.25) is 5.02 Å². The van der Waals surface area contributed by atoms with Gasteiger partial charge < -0.3 is 10.1 Å². The van der Waals surface area contributed by atoms with Crippen LogP contribution >= 0.6 is 11.6 Å². The van der Waals surface area contributed by atoms with E-state index in [0.29, 0.717) is 17.8 Å². The van der Waals surface area contributed by atoms with Gasteiger partial charge in [0.2, 0.25) is 0 Å². The van der Waals surface area contributed by atoms with Crippen molar-refractivity contribution >= 4 is 17.2 Å². The molecule has 0 aliphatic heterocycles. The molecule has 98 valence electrons. The lowest BCUT2D eigenvalue weighted by Crippen LogP contribution is -2.17. The standard InChI is InChI=1S/C11H11ClF3N3/c1-6(16)2-8-5-18-4-7(11(13,14)15)3-9(12)10(18)17-8/h3-6H,2,16H2,1H3. The quantitative estimate of drug-likeness (QED) is 0.917. The van der Waals surface area contributed by atoms with Gasteiger partial charge in [-0.05, 0) is 13.0 Å². The molecule has 2 rings (SSSR count). The van der Waals surface area contributed by atoms with Gasteiger partial charge in [0.1, 0.15) is 0 Å². The van der Waals surface area contributed by atoms with Crippen LogP contribution in [0.5, 0.6) is 0 Å². The molecule has 2 aromatic heterocycles. The van der Waals surface area contributed by atoms with Crippen LogP contribution in [0.3, 0.4) is 0 Å². The van der Waals surface area contributed by atoms with Crippen molar-refractivity contribution in [1.82, 2.24) is 9.38 Å². The minimum Gasteiger partial charge on any atom is -0.328 e. The Morgan fingerprint density at radius 2 is 2.11 bits per heavy atom. The number of hydrogen-bond acceptors (Lipinski definition) is 2. The van der Waals surface area contributed by atoms with Gasteiger partial charge in [0.05, 0.1) is 16.3 Å². The van der Waals surface area contributed by atoms with E-state index in [-0.39, 0.29) is 11.1 Å². The molecular formula is C11H11ClF3N3. The Balaban J connectivity index is 2.52. The molecule has 0 aromatic carbocycles. The monoisotopic (exact) mass is 277 g/mol. The Morgan fingerprint density at radius 1 is 1.44 bits per heavy atom. The molecule has 0 aliphatic rings. The van der Waals surface area contributed by atoms with Crippen LogP contribution in [-0.2, 0) is 12.6 Å². The summed E-state index contributed by atoms with van der Waals surface area (Å²) in [5, 5.41) is -0.0271. The predicted octanol–water partition coefficient (Wildman–Crippen LogP) is 2.90. The van der Waals surface area contributed by atoms with Crippen molar-refractivity contribution in [2.24, 2.45) is 5.73 Å². The lowest BCUT2D eigenvalue weighted by Gasteiger charge is -2.07. The highest BCUT2D eigenvalue weighted by molar-refractivity contribution is 6.33. The van der Waals surface area contributed by atoms with Crippen LogP contribution in [0.4, 0.5) is 13.2 Å². The third-order valence-electron chi connectivity index (χ3n) is 2.41. The lowest BCUT2D eigenvalue weighted by atomic mass is 10.2. The maximum atomic E-state index is 12.6. The van der Waals surface area contributed by atoms with Crippen molar-refractivity contribution in [2.75, 3.05) is 0 Å². The number of fused-ring (bicyclic) bond motifs is 1. The Hall–Kier alpha value is -1.27. The van der Waals surface area contributed by atoms with Crippen LogP contribution in [0.1, 0.15) is 18.2 Å². The van der Waals surface area contributed by atoms with Crippen molar-refractivity contribution < 1.29 is 13.2 Å². The van der Waals surface area contributed by atoms with Crippen LogP contribution in [-0.4, -0.2) is 15.4 Å². The van der Waals surface area contributed by atoms with Gasteiger partial charge in [-0.25, -0.2) is 4.98 Å². The van der Waals surface area contributed by atoms with E-state index in [1.165, 1.54) is 10.6 Å². The molecule has 1 unspecified atom stereocenters. The molecule has 3 nitrogen and oxygen atoms in total. The number of halogens is 4. The van der Waals surface area contributed by atoms with Gasteiger partial charge in [0.15, 0.2) is 5.65 Å². The number of nitrogens with zero attached hydrogens (tertiary/aromatic N) is 2. The SMILES string of the molecule is CC(N)Cc1cn2cc(C(F)(F)F)cc(Cl)c2n1. The molecule has 0 fully saturated rings. The zero-order chi connectivity index (χ0) is 13.5. The first-order valence-corrected chi connectivity index (χ1v) is 5.65. The van der Waals surface area contributed by atoms with E-state index < -0.39 is 11.7 Å². The molecule has 7 heteroatoms. The van der Waals surface area contributed by atoms with E-state index >= 15 is 0 Å². The predicted molar refractivity (Wildman–Crippen MR) is 62.6 cm³/mol. The fourth-order valence-electron chi connectivity index (χ4n) is 1.69. The van der Waals surface area contributed by atoms with Gasteiger partial charge in [-0.2, -0.15) is 13.2 Å². The Morgan fingerprint density at radius 3 is 2.67 bits per heavy atom. The number of rotatable bonds is 2. The highest BCUT2D eigenvalue weighted by Crippen LogP contribution is 2.32. The summed E-state index contributed by atoms with van der Waals surface area (Å²) in [6.45, 7) is 1.80. The first kappa shape index (κ1) is 13.2. The molecule has 0 saturated carbocycles. The van der Waals surface area contributed by atoms with Gasteiger partial charge in [0.25, 0.3) is 0 Å². The summed E-state index contributed by atoms with van der Waals surface area (Å²) in [5.41, 5.74) is 5.74. The first-order valence-electron chi connectivity index (χ1n) is 5.27. The molecule has 2 aromatic rings. The summed E-state index contributed by atoms with van der Waals surface area (Å²) < 4.78 is 39.1. The highest BCUT2D eigenvalue weighted by atomic mass is 35.5. The molecule has 2 heterocycles. The largest absolute Gasteiger partial charge is 0.417 e. The number of hydrogen-bond donors (Lipinski definition) is 1. The molecule has 0 bridgehead atoms. The van der Waals surface area contributed by atoms with Crippen molar-refractivity contribution in [3.63, 3.8) is 0 Å². The van der Waals surface area contributed by atoms with Crippen LogP contribution < -0.4 is 5.73 Å². The maximum Gasteiger partial charge on any atom is 0.417 e. The summed E-state index contributed by atoms with van der Waals surface area (Å²) in [7, 11) is 0. The van der Waals surface area contributed by atoms with Crippen LogP contribution in [0.25, 0.3) is 5.65 Å². The Bertz CT molecular complexity index is 575. The third kappa shape index (κ3) is 2.59. The number of imidazole rings is 1. The smallest absolute Gasteiger partial charge is 0.328 e. The van der Waals surface area contributed by atoms with Crippen molar-refractivity contribution in [1.29, 1.82) is 0 Å². The van der Waals surface area contributed by atoms with E-state index in [2.05, 4.69) is 4.98 Å². The van der Waals surface area contributed by atoms with Gasteiger partial charge in [-0.1, -0.05) is 11.6 Å². The van der Waals surface area contributed by atoms with E-state index in [1.54, 1.807) is 6.92 Å². The fourth-order valence-corrected chi connectivity index (χ4v) is 1.95. The summed E-state index contributed by atoms with van der Waals surface area (Å²) in [6.07, 6.45) is -1.46. The van der Waals surface area contributed by atoms with Crippen molar-refractivity contribution in [3.05, 3.63) is 34.7 Å². The minimum atomic E-state index is -4.43. The third-order valence-corrected chi connectivity index (χ3v) is 2.69. The van der Waals surface area contributed by atoms with Gasteiger partial charge in [0, 0.05) is 24.9 Å². The van der Waals surface area contributed by atoms with E-state index in [9.17, 15) is 13.2 Å². The highest BCUT2D eigenvalue weighted by Gasteiger charge is 2.31. The van der Waals surface area contributed by atoms with Crippen molar-refractivity contribution in [3.8, 4) is 0 Å². The molecule has 1 atom stereocenters. The van der Waals surface area contributed by atoms with E-state index in [4.69, 9.17) is 17.3 Å². The van der Waals surface area contributed by atoms with Gasteiger partial charge >= 0.3 is 6.18 Å². The summed E-state index contributed by atoms with van der Waals surface area (Å²) in [5.74, 6) is 0. The fraction of sp³-hybridized carbons (Fsp3) is 0.364. The average molecular weight is 278 g/mol. The molecule has 0 spiro atoms. The Labute approximate surface area is 106 Å². The zero-order valence-corrected chi connectivity index (χ0v) is 10.3. The lowest BCUT2D eigenvalue weighted by molar-refractivity contribution is -0.137. The number of nitrogens with two attached hydrogens (primary N) is 1. The first-order chi connectivity index (χ1) is 8.27. The molecule has 18 heavy (non-hydrogen) atoms. The molecule has 2 N–H and O–H groups in total. The normalized spacial score (nSPS) is 14.1. The molecule has 0 amide bonds.